The maximum Gasteiger partial charge on any atom is 0.153 e. The fourth-order valence-corrected chi connectivity index (χ4v) is 5.36. The summed E-state index contributed by atoms with van der Waals surface area (Å²) in [5.41, 5.74) is 5.82. The van der Waals surface area contributed by atoms with Crippen molar-refractivity contribution in [3.63, 3.8) is 0 Å². The number of hydrogen-bond donors (Lipinski definition) is 2. The number of benzene rings is 2. The summed E-state index contributed by atoms with van der Waals surface area (Å²) >= 11 is 0. The fraction of sp³-hybridized carbons (Fsp3) is 0.464. The second-order valence-corrected chi connectivity index (χ2v) is 9.99. The average molecular weight is 462 g/mol. The monoisotopic (exact) mass is 461 g/mol. The molecule has 1 aromatic heterocycles. The average Bonchev–Trinajstić information content (AvgIpc) is 3.60. The quantitative estimate of drug-likeness (QED) is 0.453. The van der Waals surface area contributed by atoms with E-state index in [1.54, 1.807) is 12.1 Å². The van der Waals surface area contributed by atoms with Gasteiger partial charge in [0, 0.05) is 50.5 Å². The molecule has 1 saturated heterocycles. The van der Waals surface area contributed by atoms with Crippen LogP contribution in [0.4, 0.5) is 15.9 Å². The van der Waals surface area contributed by atoms with E-state index in [2.05, 4.69) is 52.9 Å². The third-order valence-electron chi connectivity index (χ3n) is 7.33. The molecule has 2 N–H and O–H groups in total. The van der Waals surface area contributed by atoms with Crippen LogP contribution < -0.4 is 15.5 Å². The topological polar surface area (TPSA) is 45.1 Å². The van der Waals surface area contributed by atoms with E-state index in [1.807, 2.05) is 24.7 Å². The van der Waals surface area contributed by atoms with Crippen LogP contribution in [0.1, 0.15) is 66.8 Å². The third-order valence-corrected chi connectivity index (χ3v) is 7.33. The predicted octanol–water partition coefficient (Wildman–Crippen LogP) is 5.68. The lowest BCUT2D eigenvalue weighted by Crippen LogP contribution is -2.43. The second kappa shape index (κ2) is 9.79. The standard InChI is InChI=1S/C28H36FN5/c1-19-7-6-10-26(29)27(19)34-15-13-23(14-16-34)31-20(2)25-18-33(3)32-28(25)30-17-22-8-4-5-9-24(22)21-11-12-21/h4-10,18,20-21,23,31H,11-17H2,1-3H3,(H,30,32). The van der Waals surface area contributed by atoms with Crippen LogP contribution in [0.2, 0.25) is 0 Å². The highest BCUT2D eigenvalue weighted by atomic mass is 19.1. The molecule has 180 valence electrons. The minimum absolute atomic E-state index is 0.117. The summed E-state index contributed by atoms with van der Waals surface area (Å²) in [6.45, 7) is 6.73. The van der Waals surface area contributed by atoms with Gasteiger partial charge in [-0.15, -0.1) is 0 Å². The first-order chi connectivity index (χ1) is 16.5. The van der Waals surface area contributed by atoms with E-state index in [9.17, 15) is 4.39 Å². The minimum atomic E-state index is -0.117. The highest BCUT2D eigenvalue weighted by Crippen LogP contribution is 2.41. The summed E-state index contributed by atoms with van der Waals surface area (Å²) in [6, 6.07) is 14.7. The number of aryl methyl sites for hydroxylation is 2. The number of piperidine rings is 1. The van der Waals surface area contributed by atoms with Gasteiger partial charge in [-0.3, -0.25) is 4.68 Å². The van der Waals surface area contributed by atoms with Crippen LogP contribution in [0.3, 0.4) is 0 Å². The van der Waals surface area contributed by atoms with Gasteiger partial charge in [0.25, 0.3) is 0 Å². The smallest absolute Gasteiger partial charge is 0.153 e. The van der Waals surface area contributed by atoms with Gasteiger partial charge < -0.3 is 15.5 Å². The fourth-order valence-electron chi connectivity index (χ4n) is 5.36. The molecule has 5 nitrogen and oxygen atoms in total. The lowest BCUT2D eigenvalue weighted by molar-refractivity contribution is 0.379. The molecule has 2 heterocycles. The largest absolute Gasteiger partial charge is 0.369 e. The molecule has 0 bridgehead atoms. The molecule has 1 atom stereocenters. The first kappa shape index (κ1) is 22.9. The second-order valence-electron chi connectivity index (χ2n) is 9.99. The SMILES string of the molecule is Cc1cccc(F)c1N1CCC(NC(C)c2cn(C)nc2NCc2ccccc2C2CC2)CC1. The minimum Gasteiger partial charge on any atom is -0.369 e. The summed E-state index contributed by atoms with van der Waals surface area (Å²) in [4.78, 5) is 2.20. The molecule has 0 spiro atoms. The maximum absolute atomic E-state index is 14.4. The van der Waals surface area contributed by atoms with Gasteiger partial charge in [-0.1, -0.05) is 36.4 Å². The Morgan fingerprint density at radius 2 is 1.82 bits per heavy atom. The van der Waals surface area contributed by atoms with Crippen LogP contribution >= 0.6 is 0 Å². The van der Waals surface area contributed by atoms with Gasteiger partial charge >= 0.3 is 0 Å². The molecular formula is C28H36FN5. The van der Waals surface area contributed by atoms with Crippen LogP contribution in [0.15, 0.2) is 48.7 Å². The van der Waals surface area contributed by atoms with Crippen LogP contribution in [-0.4, -0.2) is 28.9 Å². The van der Waals surface area contributed by atoms with Gasteiger partial charge in [0.1, 0.15) is 5.82 Å². The number of anilines is 2. The number of aromatic nitrogens is 2. The normalized spacial score (nSPS) is 17.7. The number of hydrogen-bond acceptors (Lipinski definition) is 4. The van der Waals surface area contributed by atoms with Crippen molar-refractivity contribution in [2.24, 2.45) is 7.05 Å². The number of para-hydroxylation sites is 1. The predicted molar refractivity (Wildman–Crippen MR) is 137 cm³/mol. The van der Waals surface area contributed by atoms with Crippen molar-refractivity contribution in [3.8, 4) is 0 Å². The Morgan fingerprint density at radius 1 is 1.06 bits per heavy atom. The van der Waals surface area contributed by atoms with Crippen molar-refractivity contribution in [3.05, 3.63) is 76.7 Å². The summed E-state index contributed by atoms with van der Waals surface area (Å²) in [5.74, 6) is 1.57. The van der Waals surface area contributed by atoms with E-state index in [4.69, 9.17) is 5.10 Å². The lowest BCUT2D eigenvalue weighted by Gasteiger charge is -2.36. The Labute approximate surface area is 202 Å². The van der Waals surface area contributed by atoms with Crippen LogP contribution in [0, 0.1) is 12.7 Å². The number of nitrogens with zero attached hydrogens (tertiary/aromatic N) is 3. The van der Waals surface area contributed by atoms with Gasteiger partial charge in [-0.05, 0) is 68.2 Å². The Morgan fingerprint density at radius 3 is 2.56 bits per heavy atom. The van der Waals surface area contributed by atoms with Gasteiger partial charge in [0.15, 0.2) is 5.82 Å². The first-order valence-electron chi connectivity index (χ1n) is 12.6. The van der Waals surface area contributed by atoms with E-state index in [-0.39, 0.29) is 11.9 Å². The van der Waals surface area contributed by atoms with E-state index >= 15 is 0 Å². The van der Waals surface area contributed by atoms with Crippen LogP contribution in [-0.2, 0) is 13.6 Å². The van der Waals surface area contributed by atoms with Crippen molar-refractivity contribution in [2.75, 3.05) is 23.3 Å². The van der Waals surface area contributed by atoms with Crippen molar-refractivity contribution in [2.45, 2.75) is 64.1 Å². The number of halogens is 1. The molecule has 2 aliphatic rings. The van der Waals surface area contributed by atoms with Crippen molar-refractivity contribution >= 4 is 11.5 Å². The Balaban J connectivity index is 1.20. The molecule has 0 radical (unpaired) electrons. The van der Waals surface area contributed by atoms with Gasteiger partial charge in [0.2, 0.25) is 0 Å². The number of nitrogens with one attached hydrogen (secondary N) is 2. The molecule has 6 heteroatoms. The Bertz CT molecular complexity index is 1110. The molecule has 34 heavy (non-hydrogen) atoms. The summed E-state index contributed by atoms with van der Waals surface area (Å²) in [6.07, 6.45) is 6.72. The maximum atomic E-state index is 14.4. The number of rotatable bonds is 8. The summed E-state index contributed by atoms with van der Waals surface area (Å²) in [5, 5.41) is 12.1. The molecule has 2 aromatic carbocycles. The van der Waals surface area contributed by atoms with Gasteiger partial charge in [-0.2, -0.15) is 5.10 Å². The Kier molecular flexibility index (Phi) is 6.59. The highest BCUT2D eigenvalue weighted by Gasteiger charge is 2.27. The van der Waals surface area contributed by atoms with E-state index in [0.717, 1.165) is 55.5 Å². The van der Waals surface area contributed by atoms with E-state index < -0.39 is 0 Å². The first-order valence-corrected chi connectivity index (χ1v) is 12.6. The zero-order valence-electron chi connectivity index (χ0n) is 20.5. The zero-order chi connectivity index (χ0) is 23.7. The molecule has 1 saturated carbocycles. The molecule has 5 rings (SSSR count). The molecule has 0 amide bonds. The van der Waals surface area contributed by atoms with Crippen molar-refractivity contribution in [1.82, 2.24) is 15.1 Å². The molecule has 2 fully saturated rings. The third kappa shape index (κ3) is 4.97. The van der Waals surface area contributed by atoms with Crippen LogP contribution in [0.25, 0.3) is 0 Å². The Hall–Kier alpha value is -2.86. The van der Waals surface area contributed by atoms with Gasteiger partial charge in [0.05, 0.1) is 5.69 Å². The molecule has 3 aromatic rings. The van der Waals surface area contributed by atoms with Crippen LogP contribution in [0.5, 0.6) is 0 Å². The summed E-state index contributed by atoms with van der Waals surface area (Å²) < 4.78 is 16.3. The lowest BCUT2D eigenvalue weighted by atomic mass is 10.0. The zero-order valence-corrected chi connectivity index (χ0v) is 20.5. The molecule has 1 unspecified atom stereocenters. The van der Waals surface area contributed by atoms with Gasteiger partial charge in [-0.25, -0.2) is 4.39 Å². The highest BCUT2D eigenvalue weighted by molar-refractivity contribution is 5.54. The van der Waals surface area contributed by atoms with E-state index in [1.165, 1.54) is 29.5 Å². The molecule has 1 aliphatic carbocycles. The van der Waals surface area contributed by atoms with E-state index in [0.29, 0.717) is 6.04 Å². The van der Waals surface area contributed by atoms with Crippen molar-refractivity contribution < 1.29 is 4.39 Å². The van der Waals surface area contributed by atoms with Crippen molar-refractivity contribution in [1.29, 1.82) is 0 Å². The summed E-state index contributed by atoms with van der Waals surface area (Å²) in [7, 11) is 1.98. The molecule has 1 aliphatic heterocycles. The molecular weight excluding hydrogens is 425 g/mol.